The number of hydrogen-bond donors (Lipinski definition) is 0. The normalized spacial score (nSPS) is 22.8. The van der Waals surface area contributed by atoms with Crippen molar-refractivity contribution in [3.8, 4) is 0 Å². The summed E-state index contributed by atoms with van der Waals surface area (Å²) in [5, 5.41) is 2.01. The van der Waals surface area contributed by atoms with Crippen LogP contribution in [0.2, 0.25) is 5.02 Å². The van der Waals surface area contributed by atoms with Gasteiger partial charge in [0.15, 0.2) is 0 Å². The lowest BCUT2D eigenvalue weighted by Crippen LogP contribution is -2.53. The molecule has 9 nitrogen and oxygen atoms in total. The Kier molecular flexibility index (Phi) is 9.04. The molecule has 0 saturated carbocycles. The summed E-state index contributed by atoms with van der Waals surface area (Å²) in [4.78, 5) is 45.8. The number of carbonyl (C=O) groups excluding carboxylic acids is 3. The summed E-state index contributed by atoms with van der Waals surface area (Å²) in [6, 6.07) is 8.25. The Balaban J connectivity index is 1.36. The number of likely N-dealkylation sites (tertiary alicyclic amines) is 3. The highest BCUT2D eigenvalue weighted by molar-refractivity contribution is 7.89. The van der Waals surface area contributed by atoms with E-state index in [0.29, 0.717) is 17.0 Å². The molecule has 2 aromatic rings. The molecule has 3 atom stereocenters. The van der Waals surface area contributed by atoms with E-state index in [1.807, 2.05) is 4.90 Å². The Morgan fingerprint density at radius 3 is 2.44 bits per heavy atom. The Labute approximate surface area is 247 Å². The van der Waals surface area contributed by atoms with Crippen molar-refractivity contribution < 1.29 is 22.8 Å². The molecule has 0 N–H and O–H groups in total. The van der Waals surface area contributed by atoms with Gasteiger partial charge in [-0.05, 0) is 87.2 Å². The monoisotopic (exact) mass is 602 g/mol. The van der Waals surface area contributed by atoms with Gasteiger partial charge in [0, 0.05) is 37.1 Å². The predicted octanol–water partition coefficient (Wildman–Crippen LogP) is 3.54. The van der Waals surface area contributed by atoms with Gasteiger partial charge in [-0.15, -0.1) is 0 Å². The lowest BCUT2D eigenvalue weighted by atomic mass is 10.1. The molecule has 3 aliphatic heterocycles. The quantitative estimate of drug-likeness (QED) is 0.413. The Morgan fingerprint density at radius 1 is 1.00 bits per heavy atom. The molecule has 0 spiro atoms. The second-order valence-electron chi connectivity index (χ2n) is 11.4. The number of benzene rings is 2. The molecule has 3 aliphatic rings. The van der Waals surface area contributed by atoms with Crippen molar-refractivity contribution >= 4 is 50.0 Å². The third kappa shape index (κ3) is 6.16. The minimum absolute atomic E-state index is 0.00780. The maximum absolute atomic E-state index is 14.0. The van der Waals surface area contributed by atoms with Crippen molar-refractivity contribution in [2.45, 2.75) is 75.4 Å². The zero-order valence-corrected chi connectivity index (χ0v) is 25.4. The smallest absolute Gasteiger partial charge is 0.245 e. The van der Waals surface area contributed by atoms with E-state index in [1.54, 1.807) is 44.2 Å². The summed E-state index contributed by atoms with van der Waals surface area (Å²) in [5.74, 6) is -0.799. The van der Waals surface area contributed by atoms with E-state index in [2.05, 4.69) is 4.90 Å². The van der Waals surface area contributed by atoms with Crippen LogP contribution in [0.15, 0.2) is 41.3 Å². The molecule has 3 heterocycles. The zero-order valence-electron chi connectivity index (χ0n) is 23.8. The van der Waals surface area contributed by atoms with Gasteiger partial charge in [-0.25, -0.2) is 8.42 Å². The van der Waals surface area contributed by atoms with Crippen LogP contribution in [-0.4, -0.2) is 102 Å². The molecule has 222 valence electrons. The van der Waals surface area contributed by atoms with Crippen molar-refractivity contribution in [2.24, 2.45) is 0 Å². The standard InChI is InChI=1S/C30H39ClN4O5S/c1-3-26(36)20-35(41(39,40)27-11-9-22-17-24(31)10-8-23(22)18-27)28-12-16-33(30(28)38)21(2)29(37)34-15-6-7-25(34)19-32-13-4-5-14-32/h8-11,17-18,21,25,28H,3-7,12-16,19-20H2,1-2H3/t21-,25-,28-/m0/s1. The fraction of sp³-hybridized carbons (Fsp3) is 0.567. The van der Waals surface area contributed by atoms with E-state index >= 15 is 0 Å². The molecule has 2 amide bonds. The lowest BCUT2D eigenvalue weighted by Gasteiger charge is -2.34. The van der Waals surface area contributed by atoms with Crippen LogP contribution in [0.4, 0.5) is 0 Å². The van der Waals surface area contributed by atoms with Gasteiger partial charge in [0.1, 0.15) is 17.9 Å². The van der Waals surface area contributed by atoms with Crippen molar-refractivity contribution in [1.29, 1.82) is 0 Å². The van der Waals surface area contributed by atoms with Crippen LogP contribution >= 0.6 is 11.6 Å². The molecule has 3 saturated heterocycles. The minimum Gasteiger partial charge on any atom is -0.337 e. The Hall–Kier alpha value is -2.53. The first-order valence-corrected chi connectivity index (χ1v) is 16.5. The van der Waals surface area contributed by atoms with Crippen LogP contribution < -0.4 is 0 Å². The van der Waals surface area contributed by atoms with Gasteiger partial charge in [0.05, 0.1) is 11.4 Å². The highest BCUT2D eigenvalue weighted by atomic mass is 35.5. The van der Waals surface area contributed by atoms with Crippen molar-refractivity contribution in [1.82, 2.24) is 19.0 Å². The van der Waals surface area contributed by atoms with E-state index in [1.165, 1.54) is 23.8 Å². The number of rotatable bonds is 10. The molecular weight excluding hydrogens is 564 g/mol. The fourth-order valence-corrected chi connectivity index (χ4v) is 8.24. The third-order valence-electron chi connectivity index (χ3n) is 8.82. The average Bonchev–Trinajstić information content (AvgIpc) is 3.72. The maximum atomic E-state index is 14.0. The van der Waals surface area contributed by atoms with Gasteiger partial charge in [-0.2, -0.15) is 4.31 Å². The largest absolute Gasteiger partial charge is 0.337 e. The lowest BCUT2D eigenvalue weighted by molar-refractivity contribution is -0.144. The number of hydrogen-bond acceptors (Lipinski definition) is 6. The second-order valence-corrected chi connectivity index (χ2v) is 13.8. The molecule has 0 radical (unpaired) electrons. The van der Waals surface area contributed by atoms with Crippen molar-refractivity contribution in [2.75, 3.05) is 39.3 Å². The first-order valence-electron chi connectivity index (χ1n) is 14.7. The van der Waals surface area contributed by atoms with E-state index in [9.17, 15) is 22.8 Å². The zero-order chi connectivity index (χ0) is 29.3. The van der Waals surface area contributed by atoms with Gasteiger partial charge < -0.3 is 14.7 Å². The molecule has 5 rings (SSSR count). The number of amides is 2. The summed E-state index contributed by atoms with van der Waals surface area (Å²) in [5.41, 5.74) is 0. The molecule has 41 heavy (non-hydrogen) atoms. The Morgan fingerprint density at radius 2 is 1.71 bits per heavy atom. The highest BCUT2D eigenvalue weighted by Gasteiger charge is 2.46. The number of sulfonamides is 1. The number of nitrogens with zero attached hydrogens (tertiary/aromatic N) is 4. The number of Topliss-reactive ketones (excluding diaryl/α,β-unsaturated/α-hetero) is 1. The summed E-state index contributed by atoms with van der Waals surface area (Å²) in [6.07, 6.45) is 4.63. The van der Waals surface area contributed by atoms with E-state index in [4.69, 9.17) is 11.6 Å². The summed E-state index contributed by atoms with van der Waals surface area (Å²) >= 11 is 6.09. The first-order chi connectivity index (χ1) is 19.6. The van der Waals surface area contributed by atoms with Crippen LogP contribution in [0, 0.1) is 0 Å². The first kappa shape index (κ1) is 29.9. The van der Waals surface area contributed by atoms with E-state index in [0.717, 1.165) is 42.2 Å². The second kappa shape index (κ2) is 12.4. The number of ketones is 1. The molecule has 3 fully saturated rings. The van der Waals surface area contributed by atoms with Gasteiger partial charge in [-0.3, -0.25) is 14.4 Å². The number of halogens is 1. The molecule has 0 aliphatic carbocycles. The topological polar surface area (TPSA) is 98.3 Å². The van der Waals surface area contributed by atoms with Gasteiger partial charge in [-0.1, -0.05) is 30.7 Å². The molecular formula is C30H39ClN4O5S. The molecule has 0 aromatic heterocycles. The highest BCUT2D eigenvalue weighted by Crippen LogP contribution is 2.30. The molecule has 2 aromatic carbocycles. The van der Waals surface area contributed by atoms with Crippen LogP contribution in [0.25, 0.3) is 10.8 Å². The summed E-state index contributed by atoms with van der Waals surface area (Å²) in [6.45, 7) is 6.92. The molecule has 11 heteroatoms. The van der Waals surface area contributed by atoms with Crippen LogP contribution in [0.5, 0.6) is 0 Å². The number of carbonyl (C=O) groups is 3. The van der Waals surface area contributed by atoms with Crippen molar-refractivity contribution in [3.05, 3.63) is 41.4 Å². The maximum Gasteiger partial charge on any atom is 0.245 e. The van der Waals surface area contributed by atoms with Crippen LogP contribution in [0.3, 0.4) is 0 Å². The Bertz CT molecular complexity index is 1430. The summed E-state index contributed by atoms with van der Waals surface area (Å²) in [7, 11) is -4.20. The van der Waals surface area contributed by atoms with Crippen LogP contribution in [-0.2, 0) is 24.4 Å². The van der Waals surface area contributed by atoms with Crippen molar-refractivity contribution in [3.63, 3.8) is 0 Å². The number of fused-ring (bicyclic) bond motifs is 1. The van der Waals surface area contributed by atoms with E-state index < -0.39 is 34.6 Å². The van der Waals surface area contributed by atoms with Crippen LogP contribution in [0.1, 0.15) is 52.4 Å². The minimum atomic E-state index is -4.20. The molecule has 0 unspecified atom stereocenters. The molecule has 0 bridgehead atoms. The SMILES string of the molecule is CCC(=O)CN([C@H]1CCN([C@@H](C)C(=O)N2CCC[C@H]2CN2CCCC2)C1=O)S(=O)(=O)c1ccc2cc(Cl)ccc2c1. The predicted molar refractivity (Wildman–Crippen MR) is 158 cm³/mol. The third-order valence-corrected chi connectivity index (χ3v) is 10.9. The summed E-state index contributed by atoms with van der Waals surface area (Å²) < 4.78 is 28.9. The van der Waals surface area contributed by atoms with Gasteiger partial charge in [0.2, 0.25) is 21.8 Å². The fourth-order valence-electron chi connectivity index (χ4n) is 6.43. The van der Waals surface area contributed by atoms with E-state index in [-0.39, 0.29) is 42.0 Å². The average molecular weight is 603 g/mol. The van der Waals surface area contributed by atoms with Gasteiger partial charge in [0.25, 0.3) is 0 Å². The van der Waals surface area contributed by atoms with Gasteiger partial charge >= 0.3 is 0 Å².